The SMILES string of the molecule is CC(=O)O[C@@H]1CC=C[C@H]1COCc1ccccc1. The van der Waals surface area contributed by atoms with Crippen LogP contribution < -0.4 is 0 Å². The molecule has 3 nitrogen and oxygen atoms in total. The summed E-state index contributed by atoms with van der Waals surface area (Å²) in [5.74, 6) is -0.0469. The Morgan fingerprint density at radius 2 is 2.11 bits per heavy atom. The van der Waals surface area contributed by atoms with E-state index < -0.39 is 0 Å². The van der Waals surface area contributed by atoms with Gasteiger partial charge >= 0.3 is 5.97 Å². The van der Waals surface area contributed by atoms with Crippen molar-refractivity contribution < 1.29 is 14.3 Å². The first-order valence-electron chi connectivity index (χ1n) is 6.21. The van der Waals surface area contributed by atoms with Crippen LogP contribution in [0.3, 0.4) is 0 Å². The highest BCUT2D eigenvalue weighted by Gasteiger charge is 2.25. The Morgan fingerprint density at radius 1 is 1.33 bits per heavy atom. The zero-order chi connectivity index (χ0) is 12.8. The topological polar surface area (TPSA) is 35.5 Å². The molecule has 0 aliphatic heterocycles. The molecule has 2 atom stereocenters. The molecule has 18 heavy (non-hydrogen) atoms. The number of ether oxygens (including phenoxy) is 2. The van der Waals surface area contributed by atoms with Gasteiger partial charge in [-0.05, 0) is 5.56 Å². The van der Waals surface area contributed by atoms with Gasteiger partial charge in [-0.2, -0.15) is 0 Å². The Hall–Kier alpha value is -1.61. The van der Waals surface area contributed by atoms with Gasteiger partial charge in [-0.15, -0.1) is 0 Å². The van der Waals surface area contributed by atoms with Crippen LogP contribution in [0.1, 0.15) is 18.9 Å². The van der Waals surface area contributed by atoms with Crippen molar-refractivity contribution in [2.75, 3.05) is 6.61 Å². The van der Waals surface area contributed by atoms with Crippen LogP contribution >= 0.6 is 0 Å². The van der Waals surface area contributed by atoms with Gasteiger partial charge in [0.05, 0.1) is 13.2 Å². The molecule has 0 bridgehead atoms. The second-order valence-corrected chi connectivity index (χ2v) is 4.48. The van der Waals surface area contributed by atoms with Crippen molar-refractivity contribution >= 4 is 5.97 Å². The minimum absolute atomic E-state index is 0.0572. The first-order chi connectivity index (χ1) is 8.75. The summed E-state index contributed by atoms with van der Waals surface area (Å²) in [7, 11) is 0. The molecular formula is C15H18O3. The maximum Gasteiger partial charge on any atom is 0.302 e. The Balaban J connectivity index is 1.76. The minimum Gasteiger partial charge on any atom is -0.462 e. The van der Waals surface area contributed by atoms with E-state index in [-0.39, 0.29) is 18.0 Å². The third-order valence-corrected chi connectivity index (χ3v) is 2.97. The van der Waals surface area contributed by atoms with E-state index in [1.807, 2.05) is 36.4 Å². The molecule has 0 aromatic heterocycles. The molecule has 1 aromatic rings. The van der Waals surface area contributed by atoms with Gasteiger partial charge in [-0.3, -0.25) is 4.79 Å². The number of esters is 1. The van der Waals surface area contributed by atoms with E-state index in [0.717, 1.165) is 12.0 Å². The highest BCUT2D eigenvalue weighted by Crippen LogP contribution is 2.22. The van der Waals surface area contributed by atoms with Gasteiger partial charge in [-0.1, -0.05) is 42.5 Å². The summed E-state index contributed by atoms with van der Waals surface area (Å²) in [5.41, 5.74) is 1.16. The Labute approximate surface area is 107 Å². The van der Waals surface area contributed by atoms with Gasteiger partial charge in [0.15, 0.2) is 0 Å². The summed E-state index contributed by atoms with van der Waals surface area (Å²) in [4.78, 5) is 10.9. The summed E-state index contributed by atoms with van der Waals surface area (Å²) in [5, 5.41) is 0. The normalized spacial score (nSPS) is 22.1. The van der Waals surface area contributed by atoms with E-state index in [9.17, 15) is 4.79 Å². The number of rotatable bonds is 5. The molecule has 0 unspecified atom stereocenters. The highest BCUT2D eigenvalue weighted by atomic mass is 16.5. The minimum atomic E-state index is -0.225. The molecule has 0 spiro atoms. The molecule has 3 heteroatoms. The average molecular weight is 246 g/mol. The molecule has 0 radical (unpaired) electrons. The highest BCUT2D eigenvalue weighted by molar-refractivity contribution is 5.66. The number of carbonyl (C=O) groups is 1. The van der Waals surface area contributed by atoms with Crippen molar-refractivity contribution in [3.05, 3.63) is 48.0 Å². The third-order valence-electron chi connectivity index (χ3n) is 2.97. The second kappa shape index (κ2) is 6.36. The third kappa shape index (κ3) is 3.70. The largest absolute Gasteiger partial charge is 0.462 e. The van der Waals surface area contributed by atoms with Crippen LogP contribution in [0.2, 0.25) is 0 Å². The monoisotopic (exact) mass is 246 g/mol. The number of benzene rings is 1. The summed E-state index contributed by atoms with van der Waals surface area (Å²) in [6.07, 6.45) is 4.85. The molecule has 0 saturated carbocycles. The molecule has 0 N–H and O–H groups in total. The van der Waals surface area contributed by atoms with E-state index in [4.69, 9.17) is 9.47 Å². The average Bonchev–Trinajstić information content (AvgIpc) is 2.77. The Bertz CT molecular complexity index is 411. The maximum atomic E-state index is 10.9. The van der Waals surface area contributed by atoms with E-state index in [0.29, 0.717) is 13.2 Å². The maximum absolute atomic E-state index is 10.9. The summed E-state index contributed by atoms with van der Waals surface area (Å²) in [6, 6.07) is 10.0. The van der Waals surface area contributed by atoms with E-state index in [1.165, 1.54) is 6.92 Å². The van der Waals surface area contributed by atoms with Crippen LogP contribution in [0.15, 0.2) is 42.5 Å². The fraction of sp³-hybridized carbons (Fsp3) is 0.400. The molecule has 2 rings (SSSR count). The van der Waals surface area contributed by atoms with Crippen LogP contribution in [-0.2, 0) is 20.9 Å². The van der Waals surface area contributed by atoms with Crippen molar-refractivity contribution in [2.45, 2.75) is 26.1 Å². The number of hydrogen-bond acceptors (Lipinski definition) is 3. The molecule has 0 heterocycles. The zero-order valence-corrected chi connectivity index (χ0v) is 10.5. The first-order valence-corrected chi connectivity index (χ1v) is 6.21. The van der Waals surface area contributed by atoms with Gasteiger partial charge in [-0.25, -0.2) is 0 Å². The van der Waals surface area contributed by atoms with Crippen LogP contribution in [0, 0.1) is 5.92 Å². The predicted molar refractivity (Wildman–Crippen MR) is 68.9 cm³/mol. The van der Waals surface area contributed by atoms with E-state index >= 15 is 0 Å². The first kappa shape index (κ1) is 12.8. The lowest BCUT2D eigenvalue weighted by molar-refractivity contribution is -0.148. The molecule has 1 aliphatic carbocycles. The van der Waals surface area contributed by atoms with Gasteiger partial charge < -0.3 is 9.47 Å². The fourth-order valence-electron chi connectivity index (χ4n) is 2.08. The molecule has 0 saturated heterocycles. The van der Waals surface area contributed by atoms with Crippen molar-refractivity contribution in [3.63, 3.8) is 0 Å². The summed E-state index contributed by atoms with van der Waals surface area (Å²) < 4.78 is 10.9. The Kier molecular flexibility index (Phi) is 4.53. The van der Waals surface area contributed by atoms with E-state index in [2.05, 4.69) is 6.08 Å². The van der Waals surface area contributed by atoms with E-state index in [1.54, 1.807) is 0 Å². The van der Waals surface area contributed by atoms with Crippen LogP contribution in [0.4, 0.5) is 0 Å². The van der Waals surface area contributed by atoms with Gasteiger partial charge in [0, 0.05) is 19.3 Å². The number of carbonyl (C=O) groups excluding carboxylic acids is 1. The van der Waals surface area contributed by atoms with Gasteiger partial charge in [0.25, 0.3) is 0 Å². The van der Waals surface area contributed by atoms with Crippen molar-refractivity contribution in [1.29, 1.82) is 0 Å². The van der Waals surface area contributed by atoms with Gasteiger partial charge in [0.2, 0.25) is 0 Å². The molecule has 96 valence electrons. The van der Waals surface area contributed by atoms with Crippen molar-refractivity contribution in [2.24, 2.45) is 5.92 Å². The lowest BCUT2D eigenvalue weighted by Gasteiger charge is -2.19. The fourth-order valence-corrected chi connectivity index (χ4v) is 2.08. The van der Waals surface area contributed by atoms with Crippen LogP contribution in [0.5, 0.6) is 0 Å². The zero-order valence-electron chi connectivity index (χ0n) is 10.5. The summed E-state index contributed by atoms with van der Waals surface area (Å²) >= 11 is 0. The van der Waals surface area contributed by atoms with Crippen molar-refractivity contribution in [3.8, 4) is 0 Å². The molecule has 1 aliphatic rings. The predicted octanol–water partition coefficient (Wildman–Crippen LogP) is 2.71. The summed E-state index contributed by atoms with van der Waals surface area (Å²) in [6.45, 7) is 2.63. The molecule has 1 aromatic carbocycles. The standard InChI is InChI=1S/C15H18O3/c1-12(16)18-15-9-5-8-14(15)11-17-10-13-6-3-2-4-7-13/h2-8,14-15H,9-11H2,1H3/t14-,15+/m0/s1. The van der Waals surface area contributed by atoms with Crippen molar-refractivity contribution in [1.82, 2.24) is 0 Å². The number of hydrogen-bond donors (Lipinski definition) is 0. The van der Waals surface area contributed by atoms with Crippen LogP contribution in [0.25, 0.3) is 0 Å². The lowest BCUT2D eigenvalue weighted by Crippen LogP contribution is -2.24. The molecular weight excluding hydrogens is 228 g/mol. The second-order valence-electron chi connectivity index (χ2n) is 4.48. The quantitative estimate of drug-likeness (QED) is 0.592. The Morgan fingerprint density at radius 3 is 2.83 bits per heavy atom. The molecule has 0 fully saturated rings. The molecule has 0 amide bonds. The smallest absolute Gasteiger partial charge is 0.302 e. The van der Waals surface area contributed by atoms with Crippen LogP contribution in [-0.4, -0.2) is 18.7 Å². The lowest BCUT2D eigenvalue weighted by atomic mass is 10.1. The van der Waals surface area contributed by atoms with Gasteiger partial charge in [0.1, 0.15) is 6.10 Å².